The van der Waals surface area contributed by atoms with E-state index < -0.39 is 10.0 Å². The molecule has 2 aromatic carbocycles. The lowest BCUT2D eigenvalue weighted by atomic mass is 10.1. The van der Waals surface area contributed by atoms with Crippen LogP contribution in [-0.4, -0.2) is 56.5 Å². The number of sulfonamides is 1. The lowest BCUT2D eigenvalue weighted by molar-refractivity contribution is -0.120. The van der Waals surface area contributed by atoms with Gasteiger partial charge in [-0.3, -0.25) is 9.59 Å². The van der Waals surface area contributed by atoms with Crippen molar-refractivity contribution in [3.05, 3.63) is 63.3 Å². The summed E-state index contributed by atoms with van der Waals surface area (Å²) in [5.74, 6) is -0.696. The summed E-state index contributed by atoms with van der Waals surface area (Å²) in [5, 5.41) is 12.5. The molecule has 3 rings (SSSR count). The zero-order valence-corrected chi connectivity index (χ0v) is 19.6. The van der Waals surface area contributed by atoms with Gasteiger partial charge in [-0.1, -0.05) is 47.7 Å². The average Bonchev–Trinajstić information content (AvgIpc) is 3.20. The number of H-pyrrole nitrogens is 1. The molecule has 9 nitrogen and oxygen atoms in total. The van der Waals surface area contributed by atoms with E-state index in [0.717, 1.165) is 28.9 Å². The first-order valence-corrected chi connectivity index (χ1v) is 13.0. The van der Waals surface area contributed by atoms with Crippen molar-refractivity contribution in [1.29, 1.82) is 0 Å². The van der Waals surface area contributed by atoms with Crippen molar-refractivity contribution in [2.24, 2.45) is 0 Å². The maximum atomic E-state index is 12.1. The van der Waals surface area contributed by atoms with Gasteiger partial charge >= 0.3 is 4.87 Å². The Bertz CT molecular complexity index is 1220. The summed E-state index contributed by atoms with van der Waals surface area (Å²) in [5.41, 5.74) is 2.35. The van der Waals surface area contributed by atoms with Crippen LogP contribution < -0.4 is 14.9 Å². The number of carbonyl (C=O) groups excluding carboxylic acids is 1. The summed E-state index contributed by atoms with van der Waals surface area (Å²) in [6.07, 6.45) is 1.04. The monoisotopic (exact) mass is 493 g/mol. The number of thiazole rings is 1. The summed E-state index contributed by atoms with van der Waals surface area (Å²) in [6, 6.07) is 13.1. The van der Waals surface area contributed by atoms with Crippen molar-refractivity contribution >= 4 is 37.5 Å². The molecule has 0 aliphatic rings. The van der Waals surface area contributed by atoms with Crippen LogP contribution in [0.5, 0.6) is 5.75 Å². The standard InChI is InChI=1S/C22H27N3O6S2/c26-18-7-6-17(21-20(18)25-22(28)32-21)8-11-23-19(27)10-15-33(29,30)24-12-14-31-13-9-16-4-2-1-3-5-16/h1-7,24,26H,8-15H2,(H,23,27)(H,25,28). The third-order valence-corrected chi connectivity index (χ3v) is 7.24. The third kappa shape index (κ3) is 7.97. The smallest absolute Gasteiger partial charge is 0.305 e. The van der Waals surface area contributed by atoms with Gasteiger partial charge < -0.3 is 20.1 Å². The number of carbonyl (C=O) groups is 1. The van der Waals surface area contributed by atoms with Gasteiger partial charge in [0.2, 0.25) is 15.9 Å². The molecule has 0 saturated heterocycles. The van der Waals surface area contributed by atoms with Gasteiger partial charge in [-0.2, -0.15) is 0 Å². The highest BCUT2D eigenvalue weighted by molar-refractivity contribution is 7.89. The molecular weight excluding hydrogens is 466 g/mol. The normalized spacial score (nSPS) is 11.6. The molecule has 33 heavy (non-hydrogen) atoms. The Morgan fingerprint density at radius 3 is 2.64 bits per heavy atom. The van der Waals surface area contributed by atoms with Crippen LogP contribution in [0.1, 0.15) is 17.5 Å². The van der Waals surface area contributed by atoms with E-state index in [4.69, 9.17) is 4.74 Å². The molecule has 0 aliphatic heterocycles. The van der Waals surface area contributed by atoms with Crippen LogP contribution in [0.3, 0.4) is 0 Å². The minimum Gasteiger partial charge on any atom is -0.506 e. The fourth-order valence-corrected chi connectivity index (χ4v) is 5.09. The largest absolute Gasteiger partial charge is 0.506 e. The first kappa shape index (κ1) is 24.9. The minimum absolute atomic E-state index is 0.00423. The molecule has 178 valence electrons. The summed E-state index contributed by atoms with van der Waals surface area (Å²) in [7, 11) is -3.58. The number of aromatic amines is 1. The minimum atomic E-state index is -3.58. The van der Waals surface area contributed by atoms with Gasteiger partial charge in [0.1, 0.15) is 11.3 Å². The van der Waals surface area contributed by atoms with Crippen LogP contribution in [0.15, 0.2) is 47.3 Å². The van der Waals surface area contributed by atoms with Crippen LogP contribution in [0.4, 0.5) is 0 Å². The third-order valence-electron chi connectivity index (χ3n) is 4.90. The van der Waals surface area contributed by atoms with Gasteiger partial charge in [0.25, 0.3) is 0 Å². The predicted octanol–water partition coefficient (Wildman–Crippen LogP) is 1.52. The van der Waals surface area contributed by atoms with Crippen molar-refractivity contribution < 1.29 is 23.1 Å². The molecule has 0 spiro atoms. The SMILES string of the molecule is O=C(CCS(=O)(=O)NCCOCCc1ccccc1)NCCc1ccc(O)c2[nH]c(=O)sc12. The van der Waals surface area contributed by atoms with E-state index >= 15 is 0 Å². The van der Waals surface area contributed by atoms with E-state index in [9.17, 15) is 23.1 Å². The summed E-state index contributed by atoms with van der Waals surface area (Å²) in [4.78, 5) is 25.9. The van der Waals surface area contributed by atoms with Crippen molar-refractivity contribution in [2.45, 2.75) is 19.3 Å². The Kier molecular flexibility index (Phi) is 9.01. The molecule has 0 bridgehead atoms. The number of nitrogens with one attached hydrogen (secondary N) is 3. The first-order chi connectivity index (χ1) is 15.8. The van der Waals surface area contributed by atoms with Crippen LogP contribution in [-0.2, 0) is 32.4 Å². The molecule has 0 radical (unpaired) electrons. The molecule has 4 N–H and O–H groups in total. The molecule has 0 aliphatic carbocycles. The maximum absolute atomic E-state index is 12.1. The Balaban J connectivity index is 1.31. The Morgan fingerprint density at radius 2 is 1.85 bits per heavy atom. The number of rotatable bonds is 13. The van der Waals surface area contributed by atoms with Crippen LogP contribution >= 0.6 is 11.3 Å². The van der Waals surface area contributed by atoms with Gasteiger partial charge in [-0.25, -0.2) is 13.1 Å². The van der Waals surface area contributed by atoms with E-state index in [-0.39, 0.29) is 48.4 Å². The van der Waals surface area contributed by atoms with Gasteiger partial charge in [0.15, 0.2) is 0 Å². The van der Waals surface area contributed by atoms with Gasteiger partial charge in [-0.05, 0) is 30.0 Å². The van der Waals surface area contributed by atoms with Crippen LogP contribution in [0.2, 0.25) is 0 Å². The van der Waals surface area contributed by atoms with E-state index in [0.29, 0.717) is 23.2 Å². The first-order valence-electron chi connectivity index (χ1n) is 10.5. The second-order valence-corrected chi connectivity index (χ2v) is 10.3. The van der Waals surface area contributed by atoms with Crippen molar-refractivity contribution in [1.82, 2.24) is 15.0 Å². The lowest BCUT2D eigenvalue weighted by Crippen LogP contribution is -2.33. The Morgan fingerprint density at radius 1 is 1.06 bits per heavy atom. The highest BCUT2D eigenvalue weighted by Crippen LogP contribution is 2.27. The highest BCUT2D eigenvalue weighted by Gasteiger charge is 2.14. The number of amides is 1. The summed E-state index contributed by atoms with van der Waals surface area (Å²) in [6.45, 7) is 1.19. The van der Waals surface area contributed by atoms with Crippen LogP contribution in [0.25, 0.3) is 10.2 Å². The highest BCUT2D eigenvalue weighted by atomic mass is 32.2. The second-order valence-electron chi connectivity index (χ2n) is 7.37. The van der Waals surface area contributed by atoms with Gasteiger partial charge in [0.05, 0.1) is 23.7 Å². The molecule has 0 unspecified atom stereocenters. The molecule has 0 fully saturated rings. The molecule has 1 aromatic heterocycles. The number of fused-ring (bicyclic) bond motifs is 1. The van der Waals surface area contributed by atoms with Crippen molar-refractivity contribution in [3.63, 3.8) is 0 Å². The van der Waals surface area contributed by atoms with Crippen molar-refractivity contribution in [2.75, 3.05) is 32.1 Å². The molecule has 1 heterocycles. The van der Waals surface area contributed by atoms with E-state index in [1.807, 2.05) is 30.3 Å². The number of phenolic OH excluding ortho intramolecular Hbond substituents is 1. The number of phenols is 1. The zero-order chi connectivity index (χ0) is 23.7. The fourth-order valence-electron chi connectivity index (χ4n) is 3.20. The molecular formula is C22H27N3O6S2. The van der Waals surface area contributed by atoms with E-state index in [2.05, 4.69) is 15.0 Å². The van der Waals surface area contributed by atoms with Gasteiger partial charge in [0, 0.05) is 19.5 Å². The number of aromatic hydroxyl groups is 1. The van der Waals surface area contributed by atoms with E-state index in [1.54, 1.807) is 6.07 Å². The topological polar surface area (TPSA) is 138 Å². The van der Waals surface area contributed by atoms with E-state index in [1.165, 1.54) is 6.07 Å². The molecule has 11 heteroatoms. The van der Waals surface area contributed by atoms with Gasteiger partial charge in [-0.15, -0.1) is 0 Å². The number of benzene rings is 2. The Labute approximate surface area is 195 Å². The Hall–Kier alpha value is -2.73. The lowest BCUT2D eigenvalue weighted by Gasteiger charge is -2.09. The molecule has 0 atom stereocenters. The molecule has 1 amide bonds. The molecule has 3 aromatic rings. The number of ether oxygens (including phenoxy) is 1. The summed E-state index contributed by atoms with van der Waals surface area (Å²) >= 11 is 0.995. The van der Waals surface area contributed by atoms with Crippen LogP contribution in [0, 0.1) is 0 Å². The summed E-state index contributed by atoms with van der Waals surface area (Å²) < 4.78 is 32.7. The number of aromatic nitrogens is 1. The number of hydrogen-bond acceptors (Lipinski definition) is 7. The quantitative estimate of drug-likeness (QED) is 0.267. The van der Waals surface area contributed by atoms with Crippen molar-refractivity contribution in [3.8, 4) is 5.75 Å². The zero-order valence-electron chi connectivity index (χ0n) is 18.0. The maximum Gasteiger partial charge on any atom is 0.305 e. The second kappa shape index (κ2) is 11.9. The fraction of sp³-hybridized carbons (Fsp3) is 0.364. The number of hydrogen-bond donors (Lipinski definition) is 4. The molecule has 0 saturated carbocycles. The predicted molar refractivity (Wildman–Crippen MR) is 128 cm³/mol. The average molecular weight is 494 g/mol.